The fraction of sp³-hybridized carbons (Fsp3) is 0.500. The number of hydrogen-bond donors (Lipinski definition) is 1. The van der Waals surface area contributed by atoms with Gasteiger partial charge in [0.25, 0.3) is 0 Å². The molecule has 0 spiro atoms. The van der Waals surface area contributed by atoms with Crippen molar-refractivity contribution in [2.24, 2.45) is 5.92 Å². The Kier molecular flexibility index (Phi) is 3.42. The van der Waals surface area contributed by atoms with E-state index in [0.717, 1.165) is 11.6 Å². The van der Waals surface area contributed by atoms with Crippen molar-refractivity contribution in [2.75, 3.05) is 5.32 Å². The number of hydrogen-bond acceptors (Lipinski definition) is 1. The number of rotatable bonds is 4. The molecule has 1 unspecified atom stereocenters. The molecule has 0 bridgehead atoms. The van der Waals surface area contributed by atoms with Crippen molar-refractivity contribution in [3.63, 3.8) is 0 Å². The van der Waals surface area contributed by atoms with Gasteiger partial charge < -0.3 is 5.32 Å². The largest absolute Gasteiger partial charge is 0.383 e. The third kappa shape index (κ3) is 3.29. The normalized spacial score (nSPS) is 17.5. The van der Waals surface area contributed by atoms with Crippen LogP contribution >= 0.6 is 23.2 Å². The molecule has 0 radical (unpaired) electrons. The van der Waals surface area contributed by atoms with Crippen LogP contribution in [-0.4, -0.2) is 6.04 Å². The number of anilines is 1. The molecule has 0 saturated heterocycles. The summed E-state index contributed by atoms with van der Waals surface area (Å²) in [5.41, 5.74) is 1.05. The molecule has 0 aliphatic heterocycles. The van der Waals surface area contributed by atoms with E-state index in [4.69, 9.17) is 23.2 Å². The minimum atomic E-state index is 0.509. The van der Waals surface area contributed by atoms with E-state index in [1.54, 1.807) is 0 Å². The molecular weight excluding hydrogens is 229 g/mol. The maximum atomic E-state index is 5.94. The number of nitrogens with one attached hydrogen (secondary N) is 1. The van der Waals surface area contributed by atoms with Crippen LogP contribution in [0.4, 0.5) is 5.69 Å². The molecule has 0 aromatic heterocycles. The summed E-state index contributed by atoms with van der Waals surface area (Å²) < 4.78 is 0. The molecule has 1 aromatic carbocycles. The first kappa shape index (κ1) is 11.1. The molecule has 1 nitrogen and oxygen atoms in total. The number of benzene rings is 1. The fourth-order valence-electron chi connectivity index (χ4n) is 1.78. The van der Waals surface area contributed by atoms with Gasteiger partial charge in [-0.3, -0.25) is 0 Å². The summed E-state index contributed by atoms with van der Waals surface area (Å²) in [4.78, 5) is 0. The van der Waals surface area contributed by atoms with E-state index < -0.39 is 0 Å². The summed E-state index contributed by atoms with van der Waals surface area (Å²) in [7, 11) is 0. The molecule has 1 N–H and O–H groups in total. The average molecular weight is 244 g/mol. The maximum Gasteiger partial charge on any atom is 0.0612 e. The molecule has 3 heteroatoms. The Morgan fingerprint density at radius 1 is 1.33 bits per heavy atom. The lowest BCUT2D eigenvalue weighted by molar-refractivity contribution is 0.642. The highest BCUT2D eigenvalue weighted by molar-refractivity contribution is 6.42. The van der Waals surface area contributed by atoms with E-state index in [9.17, 15) is 0 Å². The third-order valence-electron chi connectivity index (χ3n) is 2.72. The van der Waals surface area contributed by atoms with E-state index in [-0.39, 0.29) is 0 Å². The Balaban J connectivity index is 1.93. The molecule has 0 heterocycles. The second-order valence-electron chi connectivity index (χ2n) is 4.35. The van der Waals surface area contributed by atoms with Gasteiger partial charge in [-0.1, -0.05) is 36.0 Å². The lowest BCUT2D eigenvalue weighted by Gasteiger charge is -2.15. The molecule has 15 heavy (non-hydrogen) atoms. The van der Waals surface area contributed by atoms with Gasteiger partial charge in [0.1, 0.15) is 0 Å². The van der Waals surface area contributed by atoms with Gasteiger partial charge in [0.05, 0.1) is 10.0 Å². The molecule has 2 rings (SSSR count). The van der Waals surface area contributed by atoms with E-state index in [1.165, 1.54) is 19.3 Å². The first-order valence-corrected chi connectivity index (χ1v) is 6.12. The van der Waals surface area contributed by atoms with Crippen LogP contribution in [0, 0.1) is 5.92 Å². The Labute approximate surface area is 101 Å². The minimum Gasteiger partial charge on any atom is -0.383 e. The molecule has 0 amide bonds. The summed E-state index contributed by atoms with van der Waals surface area (Å²) in [5, 5.41) is 4.66. The van der Waals surface area contributed by atoms with Gasteiger partial charge in [-0.15, -0.1) is 0 Å². The van der Waals surface area contributed by atoms with E-state index in [1.807, 2.05) is 18.2 Å². The summed E-state index contributed by atoms with van der Waals surface area (Å²) in [5.74, 6) is 0.940. The zero-order valence-corrected chi connectivity index (χ0v) is 10.3. The highest BCUT2D eigenvalue weighted by Gasteiger charge is 2.23. The predicted molar refractivity (Wildman–Crippen MR) is 66.9 cm³/mol. The standard InChI is InChI=1S/C12H15Cl2N/c1-8(6-9-2-3-9)15-10-4-5-11(13)12(14)7-10/h4-5,7-9,15H,2-3,6H2,1H3. The van der Waals surface area contributed by atoms with Gasteiger partial charge in [0, 0.05) is 11.7 Å². The highest BCUT2D eigenvalue weighted by atomic mass is 35.5. The van der Waals surface area contributed by atoms with E-state index >= 15 is 0 Å². The molecule has 1 fully saturated rings. The molecule has 1 aliphatic carbocycles. The van der Waals surface area contributed by atoms with Crippen molar-refractivity contribution in [3.8, 4) is 0 Å². The van der Waals surface area contributed by atoms with Gasteiger partial charge in [0.2, 0.25) is 0 Å². The molecular formula is C12H15Cl2N. The molecule has 1 aromatic rings. The van der Waals surface area contributed by atoms with Crippen LogP contribution in [0.15, 0.2) is 18.2 Å². The monoisotopic (exact) mass is 243 g/mol. The second-order valence-corrected chi connectivity index (χ2v) is 5.17. The fourth-order valence-corrected chi connectivity index (χ4v) is 2.08. The van der Waals surface area contributed by atoms with Crippen LogP contribution in [0.25, 0.3) is 0 Å². The van der Waals surface area contributed by atoms with Crippen LogP contribution in [0.3, 0.4) is 0 Å². The van der Waals surface area contributed by atoms with Gasteiger partial charge in [-0.2, -0.15) is 0 Å². The van der Waals surface area contributed by atoms with Crippen molar-refractivity contribution in [2.45, 2.75) is 32.2 Å². The maximum absolute atomic E-state index is 5.94. The molecule has 1 saturated carbocycles. The number of halogens is 2. The van der Waals surface area contributed by atoms with Crippen molar-refractivity contribution >= 4 is 28.9 Å². The minimum absolute atomic E-state index is 0.509. The zero-order valence-electron chi connectivity index (χ0n) is 8.76. The van der Waals surface area contributed by atoms with Crippen molar-refractivity contribution in [1.29, 1.82) is 0 Å². The first-order valence-electron chi connectivity index (χ1n) is 5.37. The summed E-state index contributed by atoms with van der Waals surface area (Å²) in [6.07, 6.45) is 4.04. The highest BCUT2D eigenvalue weighted by Crippen LogP contribution is 2.34. The Morgan fingerprint density at radius 3 is 2.67 bits per heavy atom. The van der Waals surface area contributed by atoms with Crippen LogP contribution in [0.5, 0.6) is 0 Å². The van der Waals surface area contributed by atoms with Crippen LogP contribution in [0.1, 0.15) is 26.2 Å². The van der Waals surface area contributed by atoms with Gasteiger partial charge in [-0.05, 0) is 37.5 Å². The van der Waals surface area contributed by atoms with Crippen LogP contribution in [-0.2, 0) is 0 Å². The quantitative estimate of drug-likeness (QED) is 0.816. The van der Waals surface area contributed by atoms with Gasteiger partial charge >= 0.3 is 0 Å². The Hall–Kier alpha value is -0.400. The zero-order chi connectivity index (χ0) is 10.8. The van der Waals surface area contributed by atoms with Crippen molar-refractivity contribution in [3.05, 3.63) is 28.2 Å². The van der Waals surface area contributed by atoms with E-state index in [0.29, 0.717) is 16.1 Å². The summed E-state index contributed by atoms with van der Waals surface area (Å²) in [6.45, 7) is 2.21. The second kappa shape index (κ2) is 4.63. The van der Waals surface area contributed by atoms with Gasteiger partial charge in [0.15, 0.2) is 0 Å². The van der Waals surface area contributed by atoms with Gasteiger partial charge in [-0.25, -0.2) is 0 Å². The Bertz CT molecular complexity index is 347. The van der Waals surface area contributed by atoms with E-state index in [2.05, 4.69) is 12.2 Å². The average Bonchev–Trinajstić information content (AvgIpc) is 2.95. The lowest BCUT2D eigenvalue weighted by Crippen LogP contribution is -2.15. The molecule has 1 atom stereocenters. The lowest BCUT2D eigenvalue weighted by atomic mass is 10.1. The Morgan fingerprint density at radius 2 is 2.07 bits per heavy atom. The van der Waals surface area contributed by atoms with Crippen LogP contribution < -0.4 is 5.32 Å². The van der Waals surface area contributed by atoms with Crippen molar-refractivity contribution in [1.82, 2.24) is 0 Å². The first-order chi connectivity index (χ1) is 7.15. The molecule has 1 aliphatic rings. The predicted octanol–water partition coefficient (Wildman–Crippen LogP) is 4.59. The van der Waals surface area contributed by atoms with Crippen molar-refractivity contribution < 1.29 is 0 Å². The molecule has 82 valence electrons. The smallest absolute Gasteiger partial charge is 0.0612 e. The summed E-state index contributed by atoms with van der Waals surface area (Å²) in [6, 6.07) is 6.19. The SMILES string of the molecule is CC(CC1CC1)Nc1ccc(Cl)c(Cl)c1. The topological polar surface area (TPSA) is 12.0 Å². The third-order valence-corrected chi connectivity index (χ3v) is 3.46. The van der Waals surface area contributed by atoms with Crippen LogP contribution in [0.2, 0.25) is 10.0 Å². The summed E-state index contributed by atoms with van der Waals surface area (Å²) >= 11 is 11.8.